The van der Waals surface area contributed by atoms with Gasteiger partial charge in [0, 0.05) is 24.8 Å². The molecule has 1 aliphatic heterocycles. The molecule has 0 radical (unpaired) electrons. The monoisotopic (exact) mass is 428 g/mol. The van der Waals surface area contributed by atoms with Crippen LogP contribution < -0.4 is 14.8 Å². The van der Waals surface area contributed by atoms with Gasteiger partial charge in [0.05, 0.1) is 0 Å². The molecule has 1 amide bonds. The topological polar surface area (TPSA) is 78.3 Å². The molecule has 1 aromatic carbocycles. The summed E-state index contributed by atoms with van der Waals surface area (Å²) in [7, 11) is 0. The molecule has 2 aliphatic rings. The van der Waals surface area contributed by atoms with E-state index in [0.717, 1.165) is 23.7 Å². The lowest BCUT2D eigenvalue weighted by atomic mass is 9.95. The van der Waals surface area contributed by atoms with Crippen molar-refractivity contribution in [1.29, 1.82) is 0 Å². The number of nitrogens with one attached hydrogen (secondary N) is 1. The van der Waals surface area contributed by atoms with Gasteiger partial charge in [-0.05, 0) is 25.0 Å². The summed E-state index contributed by atoms with van der Waals surface area (Å²) in [6.45, 7) is 4.80. The van der Waals surface area contributed by atoms with E-state index in [0.29, 0.717) is 42.9 Å². The molecule has 1 N–H and O–H groups in total. The number of nitrogens with zero attached hydrogens (tertiary/aromatic N) is 3. The Morgan fingerprint density at radius 1 is 1.23 bits per heavy atom. The Kier molecular flexibility index (Phi) is 6.94. The zero-order chi connectivity index (χ0) is 20.8. The van der Waals surface area contributed by atoms with Crippen LogP contribution in [0.25, 0.3) is 0 Å². The van der Waals surface area contributed by atoms with Crippen molar-refractivity contribution in [3.8, 4) is 11.5 Å². The third kappa shape index (κ3) is 4.98. The zero-order valence-corrected chi connectivity index (χ0v) is 17.9. The van der Waals surface area contributed by atoms with Gasteiger partial charge < -0.3 is 14.8 Å². The quantitative estimate of drug-likeness (QED) is 0.507. The summed E-state index contributed by atoms with van der Waals surface area (Å²) in [6.07, 6.45) is 7.85. The highest BCUT2D eigenvalue weighted by Gasteiger charge is 2.28. The number of ether oxygens (including phenoxy) is 2. The van der Waals surface area contributed by atoms with E-state index in [1.54, 1.807) is 0 Å². The lowest BCUT2D eigenvalue weighted by Crippen LogP contribution is -2.36. The molecule has 160 valence electrons. The summed E-state index contributed by atoms with van der Waals surface area (Å²) < 4.78 is 13.9. The smallest absolute Gasteiger partial charge is 0.221 e. The van der Waals surface area contributed by atoms with Crippen molar-refractivity contribution in [3.05, 3.63) is 42.7 Å². The lowest BCUT2D eigenvalue weighted by Gasteiger charge is -2.26. The molecule has 1 aliphatic carbocycles. The molecule has 2 heterocycles. The van der Waals surface area contributed by atoms with Crippen molar-refractivity contribution in [2.45, 2.75) is 62.4 Å². The van der Waals surface area contributed by atoms with Crippen LogP contribution in [-0.2, 0) is 11.3 Å². The number of rotatable bonds is 8. The van der Waals surface area contributed by atoms with Crippen molar-refractivity contribution >= 4 is 17.7 Å². The van der Waals surface area contributed by atoms with E-state index in [1.165, 1.54) is 31.0 Å². The van der Waals surface area contributed by atoms with Crippen LogP contribution >= 0.6 is 11.8 Å². The fourth-order valence-electron chi connectivity index (χ4n) is 3.87. The van der Waals surface area contributed by atoms with Crippen molar-refractivity contribution in [2.75, 3.05) is 12.4 Å². The number of thioether (sulfide) groups is 1. The minimum atomic E-state index is -0.337. The molecule has 8 heteroatoms. The maximum absolute atomic E-state index is 12.3. The largest absolute Gasteiger partial charge is 0.485 e. The van der Waals surface area contributed by atoms with E-state index in [1.807, 2.05) is 34.9 Å². The Bertz CT molecular complexity index is 879. The first-order valence-corrected chi connectivity index (χ1v) is 11.6. The van der Waals surface area contributed by atoms with E-state index in [4.69, 9.17) is 9.47 Å². The van der Waals surface area contributed by atoms with Gasteiger partial charge in [-0.15, -0.1) is 16.8 Å². The summed E-state index contributed by atoms with van der Waals surface area (Å²) in [4.78, 5) is 12.3. The van der Waals surface area contributed by atoms with Gasteiger partial charge in [0.2, 0.25) is 5.91 Å². The normalized spacial score (nSPS) is 18.7. The van der Waals surface area contributed by atoms with Gasteiger partial charge in [-0.2, -0.15) is 0 Å². The van der Waals surface area contributed by atoms with Crippen LogP contribution in [0.15, 0.2) is 42.1 Å². The van der Waals surface area contributed by atoms with Crippen LogP contribution in [0.3, 0.4) is 0 Å². The fourth-order valence-corrected chi connectivity index (χ4v) is 4.77. The number of amides is 1. The van der Waals surface area contributed by atoms with Gasteiger partial charge in [0.1, 0.15) is 6.61 Å². The third-order valence-electron chi connectivity index (χ3n) is 5.38. The second-order valence-corrected chi connectivity index (χ2v) is 8.67. The van der Waals surface area contributed by atoms with Crippen molar-refractivity contribution in [3.63, 3.8) is 0 Å². The van der Waals surface area contributed by atoms with Crippen molar-refractivity contribution < 1.29 is 14.3 Å². The van der Waals surface area contributed by atoms with E-state index >= 15 is 0 Å². The molecular formula is C22H28N4O3S. The summed E-state index contributed by atoms with van der Waals surface area (Å²) in [5.41, 5.74) is 0. The molecule has 4 rings (SSSR count). The van der Waals surface area contributed by atoms with Gasteiger partial charge in [0.25, 0.3) is 0 Å². The Morgan fingerprint density at radius 2 is 2.03 bits per heavy atom. The summed E-state index contributed by atoms with van der Waals surface area (Å²) >= 11 is 1.53. The average Bonchev–Trinajstić information content (AvgIpc) is 3.17. The number of hydrogen-bond acceptors (Lipinski definition) is 6. The first-order chi connectivity index (χ1) is 14.7. The van der Waals surface area contributed by atoms with Gasteiger partial charge in [-0.25, -0.2) is 0 Å². The van der Waals surface area contributed by atoms with Crippen LogP contribution in [0.5, 0.6) is 11.5 Å². The van der Waals surface area contributed by atoms with E-state index < -0.39 is 0 Å². The first kappa shape index (κ1) is 20.8. The van der Waals surface area contributed by atoms with Crippen LogP contribution in [0, 0.1) is 0 Å². The maximum Gasteiger partial charge on any atom is 0.221 e. The molecule has 1 saturated carbocycles. The third-order valence-corrected chi connectivity index (χ3v) is 6.35. The van der Waals surface area contributed by atoms with E-state index in [9.17, 15) is 4.79 Å². The summed E-state index contributed by atoms with van der Waals surface area (Å²) in [6, 6.07) is 7.95. The van der Waals surface area contributed by atoms with E-state index in [-0.39, 0.29) is 12.0 Å². The molecule has 0 unspecified atom stereocenters. The number of carbonyl (C=O) groups excluding carboxylic acids is 1. The second-order valence-electron chi connectivity index (χ2n) is 7.61. The standard InChI is InChI=1S/C22H28N4O3S/c1-2-13-26-21(19-15-28-17-10-6-7-11-18(17)29-19)24-25-22(26)30-14-12-20(27)23-16-8-4-3-5-9-16/h2,6-7,10-11,16,19H,1,3-5,8-9,12-15H2,(H,23,27)/t19-/m1/s1. The minimum absolute atomic E-state index is 0.116. The van der Waals surface area contributed by atoms with Gasteiger partial charge in [-0.3, -0.25) is 9.36 Å². The number of benzene rings is 1. The summed E-state index contributed by atoms with van der Waals surface area (Å²) in [5, 5.41) is 12.6. The second kappa shape index (κ2) is 10.0. The fraction of sp³-hybridized carbons (Fsp3) is 0.500. The van der Waals surface area contributed by atoms with Gasteiger partial charge >= 0.3 is 0 Å². The molecule has 0 bridgehead atoms. The first-order valence-electron chi connectivity index (χ1n) is 10.6. The van der Waals surface area contributed by atoms with E-state index in [2.05, 4.69) is 22.1 Å². The number of carbonyl (C=O) groups is 1. The Balaban J connectivity index is 1.35. The molecule has 2 aromatic rings. The van der Waals surface area contributed by atoms with Gasteiger partial charge in [0.15, 0.2) is 28.6 Å². The molecule has 1 fully saturated rings. The lowest BCUT2D eigenvalue weighted by molar-refractivity contribution is -0.121. The van der Waals surface area contributed by atoms with Crippen molar-refractivity contribution in [2.24, 2.45) is 0 Å². The SMILES string of the molecule is C=CCn1c(SCCC(=O)NC2CCCCC2)nnc1[C@H]1COc2ccccc2O1. The molecule has 0 saturated heterocycles. The highest BCUT2D eigenvalue weighted by atomic mass is 32.2. The highest BCUT2D eigenvalue weighted by Crippen LogP contribution is 2.36. The molecule has 0 spiro atoms. The zero-order valence-electron chi connectivity index (χ0n) is 17.1. The number of para-hydroxylation sites is 2. The Morgan fingerprint density at radius 3 is 2.83 bits per heavy atom. The molecule has 30 heavy (non-hydrogen) atoms. The number of aromatic nitrogens is 3. The number of allylic oxidation sites excluding steroid dienone is 1. The van der Waals surface area contributed by atoms with Crippen LogP contribution in [0.2, 0.25) is 0 Å². The summed E-state index contributed by atoms with van der Waals surface area (Å²) in [5.74, 6) is 2.92. The van der Waals surface area contributed by atoms with Crippen LogP contribution in [0.4, 0.5) is 0 Å². The Hall–Kier alpha value is -2.48. The van der Waals surface area contributed by atoms with Crippen LogP contribution in [-0.4, -0.2) is 39.1 Å². The predicted molar refractivity (Wildman–Crippen MR) is 116 cm³/mol. The highest BCUT2D eigenvalue weighted by molar-refractivity contribution is 7.99. The van der Waals surface area contributed by atoms with Crippen molar-refractivity contribution in [1.82, 2.24) is 20.1 Å². The Labute approximate surface area is 181 Å². The molecular weight excluding hydrogens is 400 g/mol. The molecule has 7 nitrogen and oxygen atoms in total. The average molecular weight is 429 g/mol. The molecule has 1 aromatic heterocycles. The maximum atomic E-state index is 12.3. The number of hydrogen-bond donors (Lipinski definition) is 1. The molecule has 1 atom stereocenters. The van der Waals surface area contributed by atoms with Gasteiger partial charge in [-0.1, -0.05) is 49.2 Å². The number of fused-ring (bicyclic) bond motifs is 1. The van der Waals surface area contributed by atoms with Crippen LogP contribution in [0.1, 0.15) is 50.5 Å². The predicted octanol–water partition coefficient (Wildman–Crippen LogP) is 3.91. The minimum Gasteiger partial charge on any atom is -0.485 e.